The highest BCUT2D eigenvalue weighted by atomic mass is 32.2. The molecule has 0 aromatic heterocycles. The molecule has 170 valence electrons. The van der Waals surface area contributed by atoms with Gasteiger partial charge in [0, 0.05) is 11.1 Å². The molecule has 1 aliphatic heterocycles. The summed E-state index contributed by atoms with van der Waals surface area (Å²) < 4.78 is 34.2. The zero-order chi connectivity index (χ0) is 23.3. The summed E-state index contributed by atoms with van der Waals surface area (Å²) >= 11 is 0. The van der Waals surface area contributed by atoms with Crippen molar-refractivity contribution in [3.8, 4) is 5.75 Å². The monoisotopic (exact) mass is 470 g/mol. The first kappa shape index (κ1) is 20.7. The smallest absolute Gasteiger partial charge is 0.267 e. The number of ether oxygens (including phenoxy) is 1. The molecule has 0 spiro atoms. The molecule has 1 atom stereocenters. The van der Waals surface area contributed by atoms with E-state index >= 15 is 0 Å². The number of para-hydroxylation sites is 2. The summed E-state index contributed by atoms with van der Waals surface area (Å²) in [7, 11) is -3.88. The number of rotatable bonds is 4. The zero-order valence-electron chi connectivity index (χ0n) is 18.3. The molecule has 2 aliphatic rings. The number of carbonyl (C=O) groups excluding carboxylic acids is 1. The third-order valence-corrected chi connectivity index (χ3v) is 8.29. The molecule has 0 bridgehead atoms. The van der Waals surface area contributed by atoms with E-state index in [1.54, 1.807) is 54.6 Å². The van der Waals surface area contributed by atoms with Gasteiger partial charge in [0.25, 0.3) is 15.9 Å². The van der Waals surface area contributed by atoms with E-state index in [-0.39, 0.29) is 17.3 Å². The molecule has 34 heavy (non-hydrogen) atoms. The van der Waals surface area contributed by atoms with Crippen LogP contribution in [0.1, 0.15) is 11.1 Å². The maximum Gasteiger partial charge on any atom is 0.267 e. The van der Waals surface area contributed by atoms with Crippen molar-refractivity contribution in [3.63, 3.8) is 0 Å². The van der Waals surface area contributed by atoms with Crippen molar-refractivity contribution in [2.75, 3.05) is 16.2 Å². The number of nitrogens with zero attached hydrogens (tertiary/aromatic N) is 1. The van der Waals surface area contributed by atoms with Gasteiger partial charge < -0.3 is 10.1 Å². The molecule has 1 unspecified atom stereocenters. The fourth-order valence-corrected chi connectivity index (χ4v) is 6.35. The van der Waals surface area contributed by atoms with Crippen LogP contribution in [0, 0.1) is 0 Å². The summed E-state index contributed by atoms with van der Waals surface area (Å²) in [5.41, 5.74) is 3.69. The minimum absolute atomic E-state index is 0.124. The first-order valence-electron chi connectivity index (χ1n) is 11.2. The van der Waals surface area contributed by atoms with Crippen LogP contribution in [0.25, 0.3) is 10.8 Å². The predicted molar refractivity (Wildman–Crippen MR) is 132 cm³/mol. The van der Waals surface area contributed by atoms with Gasteiger partial charge >= 0.3 is 0 Å². The van der Waals surface area contributed by atoms with E-state index in [1.807, 2.05) is 18.2 Å². The SMILES string of the molecule is O=C(Nc1ccc2c3c(cccc13)CC2)C1CN(S(=O)(=O)c2ccccc2)c2ccccc2O1. The Kier molecular flexibility index (Phi) is 4.81. The molecule has 7 heteroatoms. The minimum atomic E-state index is -3.88. The highest BCUT2D eigenvalue weighted by molar-refractivity contribution is 7.92. The maximum absolute atomic E-state index is 13.5. The number of hydrogen-bond acceptors (Lipinski definition) is 4. The first-order valence-corrected chi connectivity index (χ1v) is 12.6. The van der Waals surface area contributed by atoms with Crippen LogP contribution in [0.5, 0.6) is 5.75 Å². The quantitative estimate of drug-likeness (QED) is 0.475. The molecule has 1 N–H and O–H groups in total. The average molecular weight is 471 g/mol. The average Bonchev–Trinajstić information content (AvgIpc) is 3.30. The van der Waals surface area contributed by atoms with Gasteiger partial charge in [0.05, 0.1) is 17.1 Å². The molecule has 0 radical (unpaired) electrons. The van der Waals surface area contributed by atoms with Gasteiger partial charge in [-0.15, -0.1) is 0 Å². The van der Waals surface area contributed by atoms with Crippen LogP contribution in [0.4, 0.5) is 11.4 Å². The van der Waals surface area contributed by atoms with E-state index in [0.717, 1.165) is 18.2 Å². The summed E-state index contributed by atoms with van der Waals surface area (Å²) in [6, 6.07) is 25.2. The second-order valence-corrected chi connectivity index (χ2v) is 10.4. The Hall–Kier alpha value is -3.84. The molecular weight excluding hydrogens is 448 g/mol. The molecular formula is C27H22N2O4S. The lowest BCUT2D eigenvalue weighted by Crippen LogP contribution is -2.48. The fourth-order valence-electron chi connectivity index (χ4n) is 4.86. The number of sulfonamides is 1. The van der Waals surface area contributed by atoms with Crippen molar-refractivity contribution in [3.05, 3.63) is 96.1 Å². The van der Waals surface area contributed by atoms with Crippen LogP contribution in [0.15, 0.2) is 89.8 Å². The Balaban J connectivity index is 1.35. The van der Waals surface area contributed by atoms with Crippen LogP contribution in [-0.4, -0.2) is 27.0 Å². The molecule has 1 heterocycles. The normalized spacial score (nSPS) is 16.7. The third kappa shape index (κ3) is 3.31. The Morgan fingerprint density at radius 3 is 2.41 bits per heavy atom. The first-order chi connectivity index (χ1) is 16.5. The van der Waals surface area contributed by atoms with Crippen LogP contribution >= 0.6 is 0 Å². The van der Waals surface area contributed by atoms with Crippen molar-refractivity contribution < 1.29 is 17.9 Å². The van der Waals surface area contributed by atoms with E-state index in [4.69, 9.17) is 4.74 Å². The number of fused-ring (bicyclic) bond motifs is 1. The van der Waals surface area contributed by atoms with E-state index in [1.165, 1.54) is 20.8 Å². The molecule has 4 aromatic carbocycles. The van der Waals surface area contributed by atoms with Crippen molar-refractivity contribution in [2.24, 2.45) is 0 Å². The largest absolute Gasteiger partial charge is 0.476 e. The van der Waals surface area contributed by atoms with Gasteiger partial charge in [-0.3, -0.25) is 9.10 Å². The van der Waals surface area contributed by atoms with E-state index < -0.39 is 16.1 Å². The number of amides is 1. The summed E-state index contributed by atoms with van der Waals surface area (Å²) in [5, 5.41) is 5.18. The number of hydrogen-bond donors (Lipinski definition) is 1. The number of aryl methyl sites for hydroxylation is 2. The predicted octanol–water partition coefficient (Wildman–Crippen LogP) is 4.53. The topological polar surface area (TPSA) is 75.7 Å². The van der Waals surface area contributed by atoms with Crippen LogP contribution in [0.2, 0.25) is 0 Å². The Morgan fingerprint density at radius 1 is 0.853 bits per heavy atom. The minimum Gasteiger partial charge on any atom is -0.476 e. The highest BCUT2D eigenvalue weighted by Gasteiger charge is 2.37. The lowest BCUT2D eigenvalue weighted by atomic mass is 10.0. The second-order valence-electron chi connectivity index (χ2n) is 8.52. The van der Waals surface area contributed by atoms with E-state index in [0.29, 0.717) is 17.1 Å². The molecule has 1 aliphatic carbocycles. The van der Waals surface area contributed by atoms with Gasteiger partial charge in [0.15, 0.2) is 6.10 Å². The number of nitrogens with one attached hydrogen (secondary N) is 1. The number of benzene rings is 4. The van der Waals surface area contributed by atoms with Crippen molar-refractivity contribution in [1.82, 2.24) is 0 Å². The van der Waals surface area contributed by atoms with Crippen molar-refractivity contribution >= 4 is 38.1 Å². The van der Waals surface area contributed by atoms with Crippen LogP contribution < -0.4 is 14.4 Å². The Labute approximate surface area is 197 Å². The van der Waals surface area contributed by atoms with Crippen LogP contribution in [0.3, 0.4) is 0 Å². The van der Waals surface area contributed by atoms with E-state index in [2.05, 4.69) is 17.4 Å². The van der Waals surface area contributed by atoms with Gasteiger partial charge in [-0.1, -0.05) is 54.6 Å². The third-order valence-electron chi connectivity index (χ3n) is 6.49. The fraction of sp³-hybridized carbons (Fsp3) is 0.148. The van der Waals surface area contributed by atoms with Gasteiger partial charge in [-0.25, -0.2) is 8.42 Å². The molecule has 0 fully saturated rings. The van der Waals surface area contributed by atoms with Gasteiger partial charge in [0.1, 0.15) is 5.75 Å². The molecule has 0 saturated carbocycles. The van der Waals surface area contributed by atoms with Crippen molar-refractivity contribution in [1.29, 1.82) is 0 Å². The maximum atomic E-state index is 13.5. The molecule has 0 saturated heterocycles. The van der Waals surface area contributed by atoms with Crippen molar-refractivity contribution in [2.45, 2.75) is 23.8 Å². The Morgan fingerprint density at radius 2 is 1.59 bits per heavy atom. The highest BCUT2D eigenvalue weighted by Crippen LogP contribution is 2.38. The summed E-state index contributed by atoms with van der Waals surface area (Å²) in [5.74, 6) is -0.0321. The molecule has 6 rings (SSSR count). The summed E-state index contributed by atoms with van der Waals surface area (Å²) in [6.45, 7) is -0.124. The van der Waals surface area contributed by atoms with Gasteiger partial charge in [0.2, 0.25) is 0 Å². The van der Waals surface area contributed by atoms with E-state index in [9.17, 15) is 13.2 Å². The zero-order valence-corrected chi connectivity index (χ0v) is 19.1. The standard InChI is InChI=1S/C27H22N2O4S/c30-27(28-22-16-15-19-14-13-18-7-6-10-21(22)26(18)19)25-17-29(23-11-4-5-12-24(23)33-25)34(31,32)20-8-2-1-3-9-20/h1-12,15-16,25H,13-14,17H2,(H,28,30). The van der Waals surface area contributed by atoms with Crippen LogP contribution in [-0.2, 0) is 27.7 Å². The molecule has 4 aromatic rings. The van der Waals surface area contributed by atoms with Gasteiger partial charge in [-0.05, 0) is 59.7 Å². The second kappa shape index (κ2) is 7.88. The number of carbonyl (C=O) groups is 1. The Bertz CT molecular complexity index is 1520. The molecule has 1 amide bonds. The summed E-state index contributed by atoms with van der Waals surface area (Å²) in [4.78, 5) is 13.5. The number of anilines is 2. The summed E-state index contributed by atoms with van der Waals surface area (Å²) in [6.07, 6.45) is 0.995. The lowest BCUT2D eigenvalue weighted by molar-refractivity contribution is -0.122. The van der Waals surface area contributed by atoms with Gasteiger partial charge in [-0.2, -0.15) is 0 Å². The lowest BCUT2D eigenvalue weighted by Gasteiger charge is -2.34. The molecule has 6 nitrogen and oxygen atoms in total.